The van der Waals surface area contributed by atoms with Crippen LogP contribution in [0.4, 0.5) is 15.9 Å². The highest BCUT2D eigenvalue weighted by atomic mass is 19.1. The summed E-state index contributed by atoms with van der Waals surface area (Å²) in [5.41, 5.74) is 8.23. The van der Waals surface area contributed by atoms with E-state index in [0.29, 0.717) is 24.2 Å². The maximum atomic E-state index is 13.5. The monoisotopic (exact) mass is 276 g/mol. The average Bonchev–Trinajstić information content (AvgIpc) is 2.69. The van der Waals surface area contributed by atoms with Crippen molar-refractivity contribution in [3.8, 4) is 0 Å². The van der Waals surface area contributed by atoms with E-state index < -0.39 is 0 Å². The van der Waals surface area contributed by atoms with Gasteiger partial charge in [0.25, 0.3) is 0 Å². The van der Waals surface area contributed by atoms with Gasteiger partial charge in [-0.1, -0.05) is 25.1 Å². The van der Waals surface area contributed by atoms with Gasteiger partial charge in [-0.25, -0.2) is 9.07 Å². The lowest BCUT2D eigenvalue weighted by atomic mass is 10.1. The molecule has 0 amide bonds. The topological polar surface area (TPSA) is 55.9 Å². The van der Waals surface area contributed by atoms with Gasteiger partial charge in [0.2, 0.25) is 0 Å². The summed E-state index contributed by atoms with van der Waals surface area (Å²) in [6.07, 6.45) is 1.60. The van der Waals surface area contributed by atoms with Gasteiger partial charge in [0.05, 0.1) is 11.4 Å². The fourth-order valence-electron chi connectivity index (χ4n) is 2.17. The standard InChI is InChI=1S/C15H21FN4/c1-3-10-20-15(14(17)11(2)19-20)18-9-8-12-6-4-5-7-13(12)16/h4-7,18H,3,8-10,17H2,1-2H3. The third-order valence-electron chi connectivity index (χ3n) is 3.25. The van der Waals surface area contributed by atoms with Crippen molar-refractivity contribution >= 4 is 11.5 Å². The molecule has 108 valence electrons. The Balaban J connectivity index is 2.02. The van der Waals surface area contributed by atoms with E-state index in [-0.39, 0.29) is 5.82 Å². The fraction of sp³-hybridized carbons (Fsp3) is 0.400. The van der Waals surface area contributed by atoms with Crippen molar-refractivity contribution in [3.05, 3.63) is 41.3 Å². The Morgan fingerprint density at radius 3 is 2.80 bits per heavy atom. The summed E-state index contributed by atoms with van der Waals surface area (Å²) in [5.74, 6) is 0.668. The Morgan fingerprint density at radius 1 is 1.35 bits per heavy atom. The van der Waals surface area contributed by atoms with Crippen LogP contribution in [0.3, 0.4) is 0 Å². The van der Waals surface area contributed by atoms with Crippen LogP contribution < -0.4 is 11.1 Å². The Labute approximate surface area is 118 Å². The number of benzene rings is 1. The molecule has 0 atom stereocenters. The molecular weight excluding hydrogens is 255 g/mol. The number of nitrogen functional groups attached to an aromatic ring is 1. The van der Waals surface area contributed by atoms with Crippen LogP contribution >= 0.6 is 0 Å². The number of aryl methyl sites for hydroxylation is 2. The molecule has 20 heavy (non-hydrogen) atoms. The molecule has 0 radical (unpaired) electrons. The Morgan fingerprint density at radius 2 is 2.10 bits per heavy atom. The zero-order valence-electron chi connectivity index (χ0n) is 12.0. The van der Waals surface area contributed by atoms with Crippen LogP contribution in [0.2, 0.25) is 0 Å². The molecule has 5 heteroatoms. The number of halogens is 1. The minimum atomic E-state index is -0.166. The summed E-state index contributed by atoms with van der Waals surface area (Å²) in [7, 11) is 0. The van der Waals surface area contributed by atoms with Crippen molar-refractivity contribution < 1.29 is 4.39 Å². The van der Waals surface area contributed by atoms with Gasteiger partial charge in [-0.15, -0.1) is 0 Å². The second kappa shape index (κ2) is 6.41. The van der Waals surface area contributed by atoms with Gasteiger partial charge in [-0.3, -0.25) is 0 Å². The summed E-state index contributed by atoms with van der Waals surface area (Å²) in [6, 6.07) is 6.83. The molecule has 0 saturated carbocycles. The fourth-order valence-corrected chi connectivity index (χ4v) is 2.17. The van der Waals surface area contributed by atoms with Crippen LogP contribution in [0.5, 0.6) is 0 Å². The summed E-state index contributed by atoms with van der Waals surface area (Å²) < 4.78 is 15.4. The molecule has 1 heterocycles. The second-order valence-corrected chi connectivity index (χ2v) is 4.84. The van der Waals surface area contributed by atoms with Crippen molar-refractivity contribution in [3.63, 3.8) is 0 Å². The first-order chi connectivity index (χ1) is 9.63. The highest BCUT2D eigenvalue weighted by molar-refractivity contribution is 5.64. The van der Waals surface area contributed by atoms with Crippen molar-refractivity contribution in [2.45, 2.75) is 33.2 Å². The first kappa shape index (κ1) is 14.4. The Hall–Kier alpha value is -2.04. The molecule has 0 saturated heterocycles. The van der Waals surface area contributed by atoms with Gasteiger partial charge < -0.3 is 11.1 Å². The van der Waals surface area contributed by atoms with Gasteiger partial charge >= 0.3 is 0 Å². The normalized spacial score (nSPS) is 10.8. The van der Waals surface area contributed by atoms with Crippen molar-refractivity contribution in [1.29, 1.82) is 0 Å². The second-order valence-electron chi connectivity index (χ2n) is 4.84. The molecule has 0 bridgehead atoms. The zero-order chi connectivity index (χ0) is 14.5. The van der Waals surface area contributed by atoms with Crippen LogP contribution in [0.25, 0.3) is 0 Å². The number of nitrogens with zero attached hydrogens (tertiary/aromatic N) is 2. The molecule has 4 nitrogen and oxygen atoms in total. The molecule has 1 aromatic carbocycles. The summed E-state index contributed by atoms with van der Waals surface area (Å²) >= 11 is 0. The molecule has 0 aliphatic carbocycles. The minimum absolute atomic E-state index is 0.166. The molecule has 2 rings (SSSR count). The van der Waals surface area contributed by atoms with Gasteiger partial charge in [0.15, 0.2) is 0 Å². The molecule has 0 spiro atoms. The maximum absolute atomic E-state index is 13.5. The molecule has 2 aromatic rings. The number of hydrogen-bond donors (Lipinski definition) is 2. The van der Waals surface area contributed by atoms with Crippen LogP contribution in [-0.4, -0.2) is 16.3 Å². The molecular formula is C15H21FN4. The summed E-state index contributed by atoms with van der Waals surface area (Å²) in [6.45, 7) is 5.43. The average molecular weight is 276 g/mol. The van der Waals surface area contributed by atoms with Crippen LogP contribution in [-0.2, 0) is 13.0 Å². The van der Waals surface area contributed by atoms with Gasteiger partial charge in [0.1, 0.15) is 11.6 Å². The third kappa shape index (κ3) is 3.10. The molecule has 0 aliphatic heterocycles. The van der Waals surface area contributed by atoms with Crippen LogP contribution in [0, 0.1) is 12.7 Å². The highest BCUT2D eigenvalue weighted by Crippen LogP contribution is 2.22. The predicted octanol–water partition coefficient (Wildman–Crippen LogP) is 2.98. The zero-order valence-corrected chi connectivity index (χ0v) is 12.0. The van der Waals surface area contributed by atoms with Crippen LogP contribution in [0.15, 0.2) is 24.3 Å². The number of rotatable bonds is 6. The lowest BCUT2D eigenvalue weighted by molar-refractivity contribution is 0.600. The van der Waals surface area contributed by atoms with Gasteiger partial charge in [0, 0.05) is 13.1 Å². The number of nitrogens with one attached hydrogen (secondary N) is 1. The van der Waals surface area contributed by atoms with Gasteiger partial charge in [-0.2, -0.15) is 5.10 Å². The van der Waals surface area contributed by atoms with Crippen molar-refractivity contribution in [2.75, 3.05) is 17.6 Å². The SMILES string of the molecule is CCCn1nc(C)c(N)c1NCCc1ccccc1F. The van der Waals surface area contributed by atoms with E-state index in [1.807, 2.05) is 17.7 Å². The lowest BCUT2D eigenvalue weighted by Crippen LogP contribution is -2.12. The quantitative estimate of drug-likeness (QED) is 0.852. The lowest BCUT2D eigenvalue weighted by Gasteiger charge is -2.10. The molecule has 3 N–H and O–H groups in total. The smallest absolute Gasteiger partial charge is 0.148 e. The van der Waals surface area contributed by atoms with E-state index in [1.54, 1.807) is 12.1 Å². The molecule has 0 aliphatic rings. The van der Waals surface area contributed by atoms with E-state index in [1.165, 1.54) is 6.07 Å². The number of nitrogens with two attached hydrogens (primary N) is 1. The van der Waals surface area contributed by atoms with Crippen molar-refractivity contribution in [2.24, 2.45) is 0 Å². The van der Waals surface area contributed by atoms with E-state index in [9.17, 15) is 4.39 Å². The van der Waals surface area contributed by atoms with E-state index in [4.69, 9.17) is 5.73 Å². The largest absolute Gasteiger partial charge is 0.394 e. The molecule has 0 fully saturated rings. The third-order valence-corrected chi connectivity index (χ3v) is 3.25. The number of hydrogen-bond acceptors (Lipinski definition) is 3. The molecule has 1 aromatic heterocycles. The predicted molar refractivity (Wildman–Crippen MR) is 80.3 cm³/mol. The summed E-state index contributed by atoms with van der Waals surface area (Å²) in [4.78, 5) is 0. The first-order valence-electron chi connectivity index (χ1n) is 6.93. The Kier molecular flexibility index (Phi) is 4.61. The highest BCUT2D eigenvalue weighted by Gasteiger charge is 2.11. The maximum Gasteiger partial charge on any atom is 0.148 e. The van der Waals surface area contributed by atoms with Gasteiger partial charge in [-0.05, 0) is 31.4 Å². The summed E-state index contributed by atoms with van der Waals surface area (Å²) in [5, 5.41) is 7.67. The van der Waals surface area contributed by atoms with E-state index in [2.05, 4.69) is 17.3 Å². The van der Waals surface area contributed by atoms with E-state index in [0.717, 1.165) is 24.5 Å². The molecule has 0 unspecified atom stereocenters. The minimum Gasteiger partial charge on any atom is -0.394 e. The number of aromatic nitrogens is 2. The first-order valence-corrected chi connectivity index (χ1v) is 6.93. The Bertz CT molecular complexity index is 577. The number of anilines is 2. The van der Waals surface area contributed by atoms with E-state index >= 15 is 0 Å². The van der Waals surface area contributed by atoms with Crippen molar-refractivity contribution in [1.82, 2.24) is 9.78 Å². The van der Waals surface area contributed by atoms with Crippen LogP contribution in [0.1, 0.15) is 24.6 Å².